The molecule has 0 amide bonds. The summed E-state index contributed by atoms with van der Waals surface area (Å²) in [7, 11) is 0. The van der Waals surface area contributed by atoms with E-state index in [-0.39, 0.29) is 13.0 Å². The number of carboxylic acids is 1. The standard InChI is InChI=1S/C15H24.C5H8O4.Rf/c1-12(2)11-15(5,13(3)4)14-9-7-6-8-10-14;1-4(6)9-3-2-5(7)8;/h6-10,12-13H,11H2,1-5H3;2-3H2,1H3,(H,7,8);. The van der Waals surface area contributed by atoms with Crippen molar-refractivity contribution in [1.82, 2.24) is 0 Å². The fourth-order valence-electron chi connectivity index (χ4n) is 2.64. The van der Waals surface area contributed by atoms with Crippen LogP contribution in [0.25, 0.3) is 0 Å². The average Bonchev–Trinajstić information content (AvgIpc) is 2.47. The van der Waals surface area contributed by atoms with Gasteiger partial charge in [-0.3, -0.25) is 9.59 Å². The van der Waals surface area contributed by atoms with E-state index >= 15 is 0 Å². The summed E-state index contributed by atoms with van der Waals surface area (Å²) >= 11 is 0. The largest absolute Gasteiger partial charge is 0.481 e. The number of esters is 1. The van der Waals surface area contributed by atoms with E-state index in [4.69, 9.17) is 5.11 Å². The minimum absolute atomic E-state index is 0. The van der Waals surface area contributed by atoms with Crippen LogP contribution in [0.1, 0.15) is 59.9 Å². The summed E-state index contributed by atoms with van der Waals surface area (Å²) in [5.74, 6) is 0.0207. The molecule has 0 aromatic heterocycles. The van der Waals surface area contributed by atoms with Crippen molar-refractivity contribution in [3.63, 3.8) is 0 Å². The number of carbonyl (C=O) groups excluding carboxylic acids is 1. The van der Waals surface area contributed by atoms with Crippen LogP contribution in [0.15, 0.2) is 30.3 Å². The van der Waals surface area contributed by atoms with E-state index in [2.05, 4.69) is 69.7 Å². The van der Waals surface area contributed by atoms with Gasteiger partial charge < -0.3 is 9.84 Å². The van der Waals surface area contributed by atoms with Crippen molar-refractivity contribution in [2.75, 3.05) is 6.61 Å². The molecule has 4 nitrogen and oxygen atoms in total. The second-order valence-electron chi connectivity index (χ2n) is 7.02. The van der Waals surface area contributed by atoms with E-state index in [0.29, 0.717) is 11.3 Å². The summed E-state index contributed by atoms with van der Waals surface area (Å²) in [6.45, 7) is 12.9. The van der Waals surface area contributed by atoms with Gasteiger partial charge in [-0.15, -0.1) is 0 Å². The van der Waals surface area contributed by atoms with E-state index < -0.39 is 11.9 Å². The molecule has 5 heteroatoms. The summed E-state index contributed by atoms with van der Waals surface area (Å²) in [5, 5.41) is 8.04. The Balaban J connectivity index is 0. The Bertz CT molecular complexity index is 486. The molecule has 1 rings (SSSR count). The fourth-order valence-corrected chi connectivity index (χ4v) is 2.64. The Hall–Kier alpha value is -2.84. The quantitative estimate of drug-likeness (QED) is 0.461. The van der Waals surface area contributed by atoms with Gasteiger partial charge in [0.15, 0.2) is 0 Å². The first kappa shape index (κ1) is 24.4. The van der Waals surface area contributed by atoms with Crippen molar-refractivity contribution in [2.24, 2.45) is 11.8 Å². The average molecular weight is 603 g/mol. The summed E-state index contributed by atoms with van der Waals surface area (Å²) in [6, 6.07) is 10.9. The minimum Gasteiger partial charge on any atom is -0.481 e. The van der Waals surface area contributed by atoms with Gasteiger partial charge in [-0.25, -0.2) is 0 Å². The molecule has 138 valence electrons. The van der Waals surface area contributed by atoms with Crippen LogP contribution in [0.2, 0.25) is 0 Å². The number of benzene rings is 1. The molecule has 0 bridgehead atoms. The van der Waals surface area contributed by atoms with Gasteiger partial charge in [-0.05, 0) is 29.2 Å². The maximum atomic E-state index is 10.0. The molecule has 0 aliphatic rings. The molecular weight excluding hydrogens is 571 g/mol. The molecule has 0 spiro atoms. The maximum absolute atomic E-state index is 10.0. The van der Waals surface area contributed by atoms with Crippen LogP contribution < -0.4 is 0 Å². The van der Waals surface area contributed by atoms with Crippen molar-refractivity contribution in [1.29, 1.82) is 0 Å². The molecule has 1 atom stereocenters. The first-order valence-corrected chi connectivity index (χ1v) is 8.50. The fraction of sp³-hybridized carbons (Fsp3) is 0.600. The molecule has 1 aromatic carbocycles. The smallest absolute Gasteiger partial charge is 0.306 e. The number of hydrogen-bond donors (Lipinski definition) is 1. The summed E-state index contributed by atoms with van der Waals surface area (Å²) in [6.07, 6.45) is 1.13. The molecular formula is C20H32O4Rf. The van der Waals surface area contributed by atoms with Gasteiger partial charge in [0.1, 0.15) is 6.61 Å². The van der Waals surface area contributed by atoms with Gasteiger partial charge in [-0.1, -0.05) is 65.0 Å². The van der Waals surface area contributed by atoms with Gasteiger partial charge >= 0.3 is 11.9 Å². The van der Waals surface area contributed by atoms with Crippen LogP contribution in [-0.4, -0.2) is 23.7 Å². The third-order valence-corrected chi connectivity index (χ3v) is 4.16. The van der Waals surface area contributed by atoms with Crippen molar-refractivity contribution in [3.8, 4) is 0 Å². The third kappa shape index (κ3) is 9.80. The molecule has 0 aliphatic heterocycles. The number of rotatable bonds is 7. The summed E-state index contributed by atoms with van der Waals surface area (Å²) in [5.41, 5.74) is 1.80. The number of carbonyl (C=O) groups is 2. The predicted octanol–water partition coefficient (Wildman–Crippen LogP) is 4.67. The molecule has 25 heavy (non-hydrogen) atoms. The number of ether oxygens (including phenoxy) is 1. The molecule has 0 aliphatic carbocycles. The van der Waals surface area contributed by atoms with Crippen LogP contribution in [-0.2, 0) is 19.7 Å². The van der Waals surface area contributed by atoms with Crippen molar-refractivity contribution in [2.45, 2.75) is 59.8 Å². The van der Waals surface area contributed by atoms with Crippen LogP contribution in [0.3, 0.4) is 0 Å². The van der Waals surface area contributed by atoms with Crippen LogP contribution in [0.4, 0.5) is 0 Å². The van der Waals surface area contributed by atoms with Crippen molar-refractivity contribution in [3.05, 3.63) is 35.9 Å². The predicted molar refractivity (Wildman–Crippen MR) is 97.0 cm³/mol. The Morgan fingerprint density at radius 3 is 2.00 bits per heavy atom. The van der Waals surface area contributed by atoms with Gasteiger partial charge in [0.25, 0.3) is 0 Å². The van der Waals surface area contributed by atoms with Crippen LogP contribution in [0.5, 0.6) is 0 Å². The zero-order chi connectivity index (χ0) is 18.8. The molecule has 0 fully saturated rings. The molecule has 1 unspecified atom stereocenters. The first-order valence-electron chi connectivity index (χ1n) is 8.50. The molecule has 0 saturated heterocycles. The summed E-state index contributed by atoms with van der Waals surface area (Å²) < 4.78 is 4.33. The van der Waals surface area contributed by atoms with E-state index in [1.54, 1.807) is 0 Å². The first-order chi connectivity index (χ1) is 11.1. The Kier molecular flexibility index (Phi) is 11.4. The Morgan fingerprint density at radius 2 is 1.64 bits per heavy atom. The van der Waals surface area contributed by atoms with Gasteiger partial charge in [0.05, 0.1) is 6.42 Å². The Labute approximate surface area is 146 Å². The van der Waals surface area contributed by atoms with E-state index in [9.17, 15) is 9.59 Å². The van der Waals surface area contributed by atoms with Crippen molar-refractivity contribution >= 4 is 11.9 Å². The number of aliphatic carboxylic acids is 1. The van der Waals surface area contributed by atoms with Crippen molar-refractivity contribution < 1.29 is 19.4 Å². The molecule has 1 N–H and O–H groups in total. The number of carboxylic acid groups (broad SMARTS) is 1. The van der Waals surface area contributed by atoms with Crippen LogP contribution in [0, 0.1) is 11.8 Å². The number of hydrogen-bond acceptors (Lipinski definition) is 3. The van der Waals surface area contributed by atoms with Crippen LogP contribution >= 0.6 is 0 Å². The monoisotopic (exact) mass is 603 g/mol. The normalized spacial score (nSPS) is 12.5. The minimum atomic E-state index is -0.962. The molecule has 0 heterocycles. The molecule has 0 radical (unpaired) electrons. The molecule has 0 saturated carbocycles. The third-order valence-electron chi connectivity index (χ3n) is 4.16. The van der Waals surface area contributed by atoms with Gasteiger partial charge in [-0.2, -0.15) is 0 Å². The maximum Gasteiger partial charge on any atom is 0.306 e. The van der Waals surface area contributed by atoms with E-state index in [1.807, 2.05) is 0 Å². The topological polar surface area (TPSA) is 63.6 Å². The zero-order valence-electron chi connectivity index (χ0n) is 16.5. The van der Waals surface area contributed by atoms with Gasteiger partial charge in [0, 0.05) is 6.92 Å². The molecule has 1 aromatic rings. The van der Waals surface area contributed by atoms with Gasteiger partial charge in [0.2, 0.25) is 0 Å². The van der Waals surface area contributed by atoms with E-state index in [1.165, 1.54) is 18.9 Å². The SMILES string of the molecule is CC(=O)OCCC(=O)O.CC(C)CC(C)(c1ccccc1)C(C)C.[Rf]. The zero-order valence-corrected chi connectivity index (χ0v) is 22.9. The second kappa shape index (κ2) is 11.7. The summed E-state index contributed by atoms with van der Waals surface area (Å²) in [4.78, 5) is 19.8. The Morgan fingerprint density at radius 1 is 1.12 bits per heavy atom. The second-order valence-corrected chi connectivity index (χ2v) is 7.02. The van der Waals surface area contributed by atoms with E-state index in [0.717, 1.165) is 5.92 Å².